The zero-order valence-electron chi connectivity index (χ0n) is 7.88. The molecule has 1 N–H and O–H groups in total. The van der Waals surface area contributed by atoms with Crippen LogP contribution >= 0.6 is 0 Å². The summed E-state index contributed by atoms with van der Waals surface area (Å²) in [5, 5.41) is 19.5. The van der Waals surface area contributed by atoms with Crippen molar-refractivity contribution in [2.45, 2.75) is 0 Å². The van der Waals surface area contributed by atoms with E-state index in [4.69, 9.17) is 5.26 Å². The Morgan fingerprint density at radius 3 is 2.73 bits per heavy atom. The average Bonchev–Trinajstić information content (AvgIpc) is 2.31. The largest absolute Gasteiger partial charge is 0.338 e. The molecule has 15 heavy (non-hydrogen) atoms. The summed E-state index contributed by atoms with van der Waals surface area (Å²) in [5.41, 5.74) is 1.32. The van der Waals surface area contributed by atoms with Gasteiger partial charge in [0.25, 0.3) is 0 Å². The molecule has 0 aliphatic carbocycles. The molecular formula is C11H8N4. The molecule has 1 heterocycles. The third-order valence-corrected chi connectivity index (χ3v) is 1.88. The zero-order chi connectivity index (χ0) is 10.5. The van der Waals surface area contributed by atoms with Gasteiger partial charge in [-0.05, 0) is 24.3 Å². The highest BCUT2D eigenvalue weighted by molar-refractivity contribution is 5.63. The summed E-state index contributed by atoms with van der Waals surface area (Å²) in [4.78, 5) is 0. The molecule has 0 saturated carbocycles. The second-order valence-corrected chi connectivity index (χ2v) is 2.89. The maximum atomic E-state index is 8.87. The highest BCUT2D eigenvalue weighted by atomic mass is 15.2. The number of nitrogens with one attached hydrogen (secondary N) is 1. The lowest BCUT2D eigenvalue weighted by atomic mass is 10.2. The quantitative estimate of drug-likeness (QED) is 0.798. The molecule has 4 nitrogen and oxygen atoms in total. The number of nitriles is 1. The second kappa shape index (κ2) is 4.20. The molecule has 0 radical (unpaired) electrons. The van der Waals surface area contributed by atoms with Gasteiger partial charge >= 0.3 is 0 Å². The van der Waals surface area contributed by atoms with Crippen molar-refractivity contribution >= 4 is 11.5 Å². The number of rotatable bonds is 2. The van der Waals surface area contributed by atoms with Crippen LogP contribution in [0.15, 0.2) is 42.6 Å². The van der Waals surface area contributed by atoms with E-state index in [2.05, 4.69) is 21.6 Å². The Bertz CT molecular complexity index is 487. The van der Waals surface area contributed by atoms with Crippen LogP contribution in [0.1, 0.15) is 5.56 Å². The van der Waals surface area contributed by atoms with Gasteiger partial charge in [0.1, 0.15) is 6.07 Å². The van der Waals surface area contributed by atoms with Crippen LogP contribution in [0.5, 0.6) is 0 Å². The highest BCUT2D eigenvalue weighted by Crippen LogP contribution is 2.17. The van der Waals surface area contributed by atoms with Crippen LogP contribution in [0.25, 0.3) is 0 Å². The number of hydrogen-bond donors (Lipinski definition) is 1. The molecule has 0 spiro atoms. The Balaban J connectivity index is 2.29. The first-order chi connectivity index (χ1) is 7.40. The average molecular weight is 196 g/mol. The van der Waals surface area contributed by atoms with E-state index in [0.717, 1.165) is 5.69 Å². The fourth-order valence-corrected chi connectivity index (χ4v) is 1.20. The molecule has 0 amide bonds. The third kappa shape index (κ3) is 2.09. The molecule has 4 heteroatoms. The minimum atomic E-state index is 0.586. The number of anilines is 2. The van der Waals surface area contributed by atoms with Gasteiger partial charge in [-0.15, -0.1) is 5.10 Å². The monoisotopic (exact) mass is 196 g/mol. The second-order valence-electron chi connectivity index (χ2n) is 2.89. The third-order valence-electron chi connectivity index (χ3n) is 1.88. The van der Waals surface area contributed by atoms with Crippen LogP contribution in [0, 0.1) is 11.3 Å². The molecule has 0 bridgehead atoms. The summed E-state index contributed by atoms with van der Waals surface area (Å²) in [7, 11) is 0. The molecule has 0 aliphatic rings. The number of aromatic nitrogens is 2. The summed E-state index contributed by atoms with van der Waals surface area (Å²) in [6, 6.07) is 12.9. The van der Waals surface area contributed by atoms with Crippen molar-refractivity contribution in [2.24, 2.45) is 0 Å². The van der Waals surface area contributed by atoms with E-state index >= 15 is 0 Å². The molecule has 2 aromatic rings. The van der Waals surface area contributed by atoms with Gasteiger partial charge < -0.3 is 5.32 Å². The Morgan fingerprint density at radius 2 is 2.00 bits per heavy atom. The van der Waals surface area contributed by atoms with E-state index in [-0.39, 0.29) is 0 Å². The van der Waals surface area contributed by atoms with Gasteiger partial charge in [-0.1, -0.05) is 12.1 Å². The van der Waals surface area contributed by atoms with Gasteiger partial charge in [0.2, 0.25) is 0 Å². The predicted octanol–water partition coefficient (Wildman–Crippen LogP) is 2.09. The van der Waals surface area contributed by atoms with Gasteiger partial charge in [-0.3, -0.25) is 0 Å². The van der Waals surface area contributed by atoms with E-state index in [1.54, 1.807) is 24.4 Å². The van der Waals surface area contributed by atoms with E-state index < -0.39 is 0 Å². The van der Waals surface area contributed by atoms with Crippen LogP contribution in [0.3, 0.4) is 0 Å². The maximum Gasteiger partial charge on any atom is 0.153 e. The standard InChI is InChI=1S/C11H8N4/c12-8-9-4-1-2-5-10(9)14-11-6-3-7-13-15-11/h1-7H,(H,14,15). The first-order valence-corrected chi connectivity index (χ1v) is 4.44. The minimum absolute atomic E-state index is 0.586. The van der Waals surface area contributed by atoms with Gasteiger partial charge in [-0.25, -0.2) is 0 Å². The minimum Gasteiger partial charge on any atom is -0.338 e. The molecule has 0 atom stereocenters. The lowest BCUT2D eigenvalue weighted by molar-refractivity contribution is 1.04. The Labute approximate surface area is 87.2 Å². The van der Waals surface area contributed by atoms with Crippen molar-refractivity contribution in [3.8, 4) is 6.07 Å². The van der Waals surface area contributed by atoms with Crippen molar-refractivity contribution in [3.05, 3.63) is 48.2 Å². The number of nitrogens with zero attached hydrogens (tertiary/aromatic N) is 3. The molecule has 1 aromatic carbocycles. The first-order valence-electron chi connectivity index (χ1n) is 4.44. The Kier molecular flexibility index (Phi) is 2.56. The molecular weight excluding hydrogens is 188 g/mol. The first kappa shape index (κ1) is 9.16. The number of benzene rings is 1. The van der Waals surface area contributed by atoms with Crippen molar-refractivity contribution in [1.29, 1.82) is 5.26 Å². The van der Waals surface area contributed by atoms with Crippen LogP contribution < -0.4 is 5.32 Å². The van der Waals surface area contributed by atoms with Gasteiger partial charge in [-0.2, -0.15) is 10.4 Å². The molecule has 2 rings (SSSR count). The fourth-order valence-electron chi connectivity index (χ4n) is 1.20. The number of para-hydroxylation sites is 1. The van der Waals surface area contributed by atoms with E-state index in [1.165, 1.54) is 0 Å². The van der Waals surface area contributed by atoms with Gasteiger partial charge in [0.15, 0.2) is 5.82 Å². The van der Waals surface area contributed by atoms with E-state index in [9.17, 15) is 0 Å². The van der Waals surface area contributed by atoms with Crippen molar-refractivity contribution in [3.63, 3.8) is 0 Å². The predicted molar refractivity (Wildman–Crippen MR) is 56.5 cm³/mol. The molecule has 0 unspecified atom stereocenters. The van der Waals surface area contributed by atoms with Crippen LogP contribution in [0.4, 0.5) is 11.5 Å². The summed E-state index contributed by atoms with van der Waals surface area (Å²) in [5.74, 6) is 0.625. The zero-order valence-corrected chi connectivity index (χ0v) is 7.88. The summed E-state index contributed by atoms with van der Waals surface area (Å²) in [6.07, 6.45) is 1.60. The molecule has 0 aliphatic heterocycles. The fraction of sp³-hybridized carbons (Fsp3) is 0. The smallest absolute Gasteiger partial charge is 0.153 e. The molecule has 72 valence electrons. The van der Waals surface area contributed by atoms with Crippen molar-refractivity contribution in [2.75, 3.05) is 5.32 Å². The summed E-state index contributed by atoms with van der Waals surface area (Å²) >= 11 is 0. The van der Waals surface area contributed by atoms with Gasteiger partial charge in [0.05, 0.1) is 11.3 Å². The van der Waals surface area contributed by atoms with Crippen molar-refractivity contribution < 1.29 is 0 Å². The topological polar surface area (TPSA) is 61.6 Å². The lowest BCUT2D eigenvalue weighted by Gasteiger charge is -2.05. The van der Waals surface area contributed by atoms with Crippen LogP contribution in [-0.2, 0) is 0 Å². The SMILES string of the molecule is N#Cc1ccccc1Nc1cccnn1. The molecule has 0 fully saturated rings. The van der Waals surface area contributed by atoms with E-state index in [0.29, 0.717) is 11.4 Å². The summed E-state index contributed by atoms with van der Waals surface area (Å²) < 4.78 is 0. The van der Waals surface area contributed by atoms with Crippen LogP contribution in [-0.4, -0.2) is 10.2 Å². The highest BCUT2D eigenvalue weighted by Gasteiger charge is 2.00. The van der Waals surface area contributed by atoms with Crippen molar-refractivity contribution in [1.82, 2.24) is 10.2 Å². The van der Waals surface area contributed by atoms with Crippen LogP contribution in [0.2, 0.25) is 0 Å². The van der Waals surface area contributed by atoms with Gasteiger partial charge in [0, 0.05) is 6.20 Å². The maximum absolute atomic E-state index is 8.87. The summed E-state index contributed by atoms with van der Waals surface area (Å²) in [6.45, 7) is 0. The van der Waals surface area contributed by atoms with E-state index in [1.807, 2.05) is 18.2 Å². The molecule has 1 aromatic heterocycles. The Hall–Kier alpha value is -2.41. The lowest BCUT2D eigenvalue weighted by Crippen LogP contribution is -1.96. The Morgan fingerprint density at radius 1 is 1.13 bits per heavy atom. The normalized spacial score (nSPS) is 9.27. The molecule has 0 saturated heterocycles. The number of hydrogen-bond acceptors (Lipinski definition) is 4.